The van der Waals surface area contributed by atoms with E-state index >= 15 is 0 Å². The number of aliphatic hydroxyl groups is 1. The number of carbonyl (C=O) groups excluding carboxylic acids is 3. The van der Waals surface area contributed by atoms with E-state index in [1.807, 2.05) is 19.0 Å². The van der Waals surface area contributed by atoms with E-state index in [0.29, 0.717) is 29.8 Å². The number of likely N-dealkylation sites (tertiary alicyclic amines) is 1. The predicted molar refractivity (Wildman–Crippen MR) is 117 cm³/mol. The maximum atomic E-state index is 13.8. The smallest absolute Gasteiger partial charge is 0.296 e. The van der Waals surface area contributed by atoms with Crippen LogP contribution in [0.15, 0.2) is 60.2 Å². The Morgan fingerprint density at radius 2 is 1.65 bits per heavy atom. The molecule has 1 saturated heterocycles. The first-order chi connectivity index (χ1) is 14.8. The van der Waals surface area contributed by atoms with Gasteiger partial charge in [0.15, 0.2) is 5.54 Å². The Morgan fingerprint density at radius 1 is 1.00 bits per heavy atom. The number of hydrogen-bond acceptors (Lipinski definition) is 5. The van der Waals surface area contributed by atoms with Crippen molar-refractivity contribution in [2.45, 2.75) is 12.0 Å². The van der Waals surface area contributed by atoms with Crippen molar-refractivity contribution in [2.75, 3.05) is 39.1 Å². The number of carbonyl (C=O) groups is 3. The summed E-state index contributed by atoms with van der Waals surface area (Å²) in [4.78, 5) is 45.0. The van der Waals surface area contributed by atoms with Gasteiger partial charge in [0.1, 0.15) is 5.76 Å². The van der Waals surface area contributed by atoms with Crippen LogP contribution in [0.4, 0.5) is 5.69 Å². The van der Waals surface area contributed by atoms with Gasteiger partial charge in [0.25, 0.3) is 17.6 Å². The third-order valence-corrected chi connectivity index (χ3v) is 5.97. The van der Waals surface area contributed by atoms with E-state index in [0.717, 1.165) is 0 Å². The summed E-state index contributed by atoms with van der Waals surface area (Å²) in [5.74, 6) is -2.37. The van der Waals surface area contributed by atoms with E-state index in [1.54, 1.807) is 61.6 Å². The van der Waals surface area contributed by atoms with Crippen LogP contribution < -0.4 is 4.90 Å². The molecule has 4 rings (SSSR count). The maximum Gasteiger partial charge on any atom is 0.296 e. The molecule has 2 aromatic carbocycles. The van der Waals surface area contributed by atoms with Gasteiger partial charge in [-0.2, -0.15) is 0 Å². The number of Topliss-reactive ketones (excluding diaryl/α,β-unsaturated/α-hetero) is 1. The van der Waals surface area contributed by atoms with E-state index < -0.39 is 23.1 Å². The zero-order valence-corrected chi connectivity index (χ0v) is 17.8. The second-order valence-corrected chi connectivity index (χ2v) is 8.12. The first-order valence-electron chi connectivity index (χ1n) is 10.2. The van der Waals surface area contributed by atoms with E-state index in [1.165, 1.54) is 9.80 Å². The molecule has 2 amide bonds. The lowest BCUT2D eigenvalue weighted by atomic mass is 9.82. The number of aliphatic hydroxyl groups excluding tert-OH is 1. The molecular formula is C24H25N3O4. The number of likely N-dealkylation sites (N-methyl/N-ethyl adjacent to an activating group) is 1. The number of nitrogens with zero attached hydrogens (tertiary/aromatic N) is 3. The van der Waals surface area contributed by atoms with Crippen LogP contribution in [-0.2, 0) is 19.9 Å². The van der Waals surface area contributed by atoms with Crippen molar-refractivity contribution in [1.29, 1.82) is 0 Å². The van der Waals surface area contributed by atoms with E-state index in [4.69, 9.17) is 0 Å². The van der Waals surface area contributed by atoms with E-state index in [9.17, 15) is 19.5 Å². The van der Waals surface area contributed by atoms with Crippen molar-refractivity contribution in [1.82, 2.24) is 9.80 Å². The van der Waals surface area contributed by atoms with Crippen molar-refractivity contribution in [2.24, 2.45) is 0 Å². The van der Waals surface area contributed by atoms with Crippen molar-refractivity contribution in [3.05, 3.63) is 71.3 Å². The summed E-state index contributed by atoms with van der Waals surface area (Å²) >= 11 is 0. The molecule has 0 saturated carbocycles. The van der Waals surface area contributed by atoms with Crippen LogP contribution in [0.3, 0.4) is 0 Å². The standard InChI is InChI=1S/C24H25N3O4/c1-25(2)14-9-15-27-22(30)21(29)19(20(28)16-10-5-4-6-11-16)24(27)17-12-7-8-13-18(17)26(3)23(24)31/h4-8,10-13,28H,9,14-15H2,1-3H3/b20-19-. The Balaban J connectivity index is 1.99. The lowest BCUT2D eigenvalue weighted by Crippen LogP contribution is -2.51. The SMILES string of the molecule is CN(C)CCCN1C(=O)C(=O)/C(=C(/O)c2ccccc2)C12C(=O)N(C)c1ccccc12. The predicted octanol–water partition coefficient (Wildman–Crippen LogP) is 2.19. The topological polar surface area (TPSA) is 81.2 Å². The summed E-state index contributed by atoms with van der Waals surface area (Å²) in [6, 6.07) is 15.7. The monoisotopic (exact) mass is 419 g/mol. The van der Waals surface area contributed by atoms with Gasteiger partial charge in [0, 0.05) is 30.4 Å². The number of rotatable bonds is 5. The highest BCUT2D eigenvalue weighted by atomic mass is 16.3. The van der Waals surface area contributed by atoms with Crippen LogP contribution in [0.5, 0.6) is 0 Å². The van der Waals surface area contributed by atoms with Crippen molar-refractivity contribution >= 4 is 29.0 Å². The largest absolute Gasteiger partial charge is 0.507 e. The summed E-state index contributed by atoms with van der Waals surface area (Å²) in [5.41, 5.74) is -0.315. The summed E-state index contributed by atoms with van der Waals surface area (Å²) in [7, 11) is 5.46. The Hall–Kier alpha value is -3.45. The summed E-state index contributed by atoms with van der Waals surface area (Å²) < 4.78 is 0. The highest BCUT2D eigenvalue weighted by Crippen LogP contribution is 2.53. The van der Waals surface area contributed by atoms with Crippen LogP contribution in [-0.4, -0.2) is 66.7 Å². The van der Waals surface area contributed by atoms with Crippen molar-refractivity contribution < 1.29 is 19.5 Å². The number of fused-ring (bicyclic) bond motifs is 2. The molecule has 1 atom stereocenters. The van der Waals surface area contributed by atoms with Gasteiger partial charge in [-0.05, 0) is 33.1 Å². The first-order valence-corrected chi connectivity index (χ1v) is 10.2. The second-order valence-electron chi connectivity index (χ2n) is 8.12. The average Bonchev–Trinajstić information content (AvgIpc) is 3.13. The maximum absolute atomic E-state index is 13.8. The lowest BCUT2D eigenvalue weighted by molar-refractivity contribution is -0.143. The molecule has 1 fully saturated rings. The van der Waals surface area contributed by atoms with Crippen molar-refractivity contribution in [3.8, 4) is 0 Å². The molecule has 160 valence electrons. The van der Waals surface area contributed by atoms with Gasteiger partial charge in [0.2, 0.25) is 0 Å². The molecule has 2 aliphatic heterocycles. The first kappa shape index (κ1) is 20.8. The average molecular weight is 419 g/mol. The van der Waals surface area contributed by atoms with E-state index in [-0.39, 0.29) is 17.9 Å². The lowest BCUT2D eigenvalue weighted by Gasteiger charge is -2.34. The minimum Gasteiger partial charge on any atom is -0.507 e. The highest BCUT2D eigenvalue weighted by molar-refractivity contribution is 6.50. The van der Waals surface area contributed by atoms with Gasteiger partial charge in [-0.15, -0.1) is 0 Å². The van der Waals surface area contributed by atoms with E-state index in [2.05, 4.69) is 0 Å². The van der Waals surface area contributed by atoms with Gasteiger partial charge in [-0.1, -0.05) is 48.5 Å². The van der Waals surface area contributed by atoms with Crippen molar-refractivity contribution in [3.63, 3.8) is 0 Å². The van der Waals surface area contributed by atoms with Gasteiger partial charge >= 0.3 is 0 Å². The van der Waals surface area contributed by atoms with Crippen LogP contribution in [0, 0.1) is 0 Å². The quantitative estimate of drug-likeness (QED) is 0.457. The molecular weight excluding hydrogens is 394 g/mol. The number of ketones is 1. The molecule has 1 spiro atoms. The summed E-state index contributed by atoms with van der Waals surface area (Å²) in [6.45, 7) is 0.895. The number of benzene rings is 2. The third-order valence-electron chi connectivity index (χ3n) is 5.97. The molecule has 7 heteroatoms. The Morgan fingerprint density at radius 3 is 2.32 bits per heavy atom. The fourth-order valence-corrected chi connectivity index (χ4v) is 4.56. The number of anilines is 1. The fourth-order valence-electron chi connectivity index (χ4n) is 4.56. The molecule has 7 nitrogen and oxygen atoms in total. The number of para-hydroxylation sites is 1. The Labute approximate surface area is 181 Å². The molecule has 1 unspecified atom stereocenters. The molecule has 2 aliphatic rings. The normalized spacial score (nSPS) is 22.1. The van der Waals surface area contributed by atoms with Gasteiger partial charge in [-0.25, -0.2) is 0 Å². The minimum atomic E-state index is -1.67. The van der Waals surface area contributed by atoms with Gasteiger partial charge in [0.05, 0.1) is 5.57 Å². The summed E-state index contributed by atoms with van der Waals surface area (Å²) in [5, 5.41) is 11.2. The zero-order valence-electron chi connectivity index (χ0n) is 17.8. The molecule has 0 radical (unpaired) electrons. The minimum absolute atomic E-state index is 0.171. The fraction of sp³-hybridized carbons (Fsp3) is 0.292. The Kier molecular flexibility index (Phi) is 5.15. The molecule has 1 N–H and O–H groups in total. The van der Waals surface area contributed by atoms with Gasteiger partial charge < -0.3 is 19.8 Å². The van der Waals surface area contributed by atoms with Gasteiger partial charge in [-0.3, -0.25) is 14.4 Å². The second kappa shape index (κ2) is 7.67. The molecule has 0 aromatic heterocycles. The molecule has 31 heavy (non-hydrogen) atoms. The number of amides is 2. The molecule has 0 aliphatic carbocycles. The zero-order chi connectivity index (χ0) is 22.3. The number of hydrogen-bond donors (Lipinski definition) is 1. The van der Waals surface area contributed by atoms with Crippen LogP contribution >= 0.6 is 0 Å². The Bertz CT molecular complexity index is 1090. The summed E-state index contributed by atoms with van der Waals surface area (Å²) in [6.07, 6.45) is 0.576. The highest BCUT2D eigenvalue weighted by Gasteiger charge is 2.66. The van der Waals surface area contributed by atoms with Crippen LogP contribution in [0.25, 0.3) is 5.76 Å². The molecule has 2 aromatic rings. The molecule has 0 bridgehead atoms. The third kappa shape index (κ3) is 2.96. The van der Waals surface area contributed by atoms with Crippen LogP contribution in [0.1, 0.15) is 17.5 Å². The van der Waals surface area contributed by atoms with Crippen LogP contribution in [0.2, 0.25) is 0 Å². The molecule has 2 heterocycles.